The van der Waals surface area contributed by atoms with Crippen molar-refractivity contribution in [3.63, 3.8) is 0 Å². The van der Waals surface area contributed by atoms with E-state index in [1.54, 1.807) is 55.7 Å². The number of hydrogen-bond acceptors (Lipinski definition) is 7. The van der Waals surface area contributed by atoms with E-state index < -0.39 is 11.8 Å². The molecule has 0 fully saturated rings. The van der Waals surface area contributed by atoms with Crippen LogP contribution >= 0.6 is 23.1 Å². The second-order valence-corrected chi connectivity index (χ2v) is 11.8. The molecule has 0 spiro atoms. The van der Waals surface area contributed by atoms with Gasteiger partial charge < -0.3 is 20.7 Å². The van der Waals surface area contributed by atoms with E-state index in [9.17, 15) is 14.4 Å². The molecule has 10 heteroatoms. The molecule has 1 aromatic heterocycles. The molecule has 0 aliphatic carbocycles. The van der Waals surface area contributed by atoms with Crippen LogP contribution in [-0.2, 0) is 9.59 Å². The minimum Gasteiger partial charge on any atom is -0.497 e. The van der Waals surface area contributed by atoms with Crippen LogP contribution in [0, 0.1) is 6.92 Å². The minimum atomic E-state index is -0.476. The van der Waals surface area contributed by atoms with Gasteiger partial charge in [0.15, 0.2) is 5.13 Å². The molecule has 45 heavy (non-hydrogen) atoms. The number of aromatic nitrogens is 1. The summed E-state index contributed by atoms with van der Waals surface area (Å²) in [7, 11) is 1.61. The van der Waals surface area contributed by atoms with Crippen molar-refractivity contribution in [1.29, 1.82) is 0 Å². The first kappa shape index (κ1) is 31.2. The van der Waals surface area contributed by atoms with Crippen LogP contribution in [0.5, 0.6) is 5.75 Å². The molecule has 0 saturated heterocycles. The lowest BCUT2D eigenvalue weighted by Gasteiger charge is -2.12. The van der Waals surface area contributed by atoms with Gasteiger partial charge in [0, 0.05) is 27.1 Å². The summed E-state index contributed by atoms with van der Waals surface area (Å²) >= 11 is 2.68. The summed E-state index contributed by atoms with van der Waals surface area (Å²) in [6.45, 7) is 1.96. The summed E-state index contributed by atoms with van der Waals surface area (Å²) < 4.78 is 5.28. The average Bonchev–Trinajstić information content (AvgIpc) is 3.52. The van der Waals surface area contributed by atoms with Crippen LogP contribution in [0.25, 0.3) is 17.3 Å². The SMILES string of the molecule is COc1cccc(-c2csc(NC(=O)CSc3cccc(NC(=O)/C(=C\c4cccc(C)c4)NC(=O)c4ccccc4)c3)n2)c1. The predicted molar refractivity (Wildman–Crippen MR) is 182 cm³/mol. The molecule has 0 aliphatic heterocycles. The minimum absolute atomic E-state index is 0.101. The van der Waals surface area contributed by atoms with E-state index in [4.69, 9.17) is 4.74 Å². The Hall–Kier alpha value is -5.19. The molecular formula is C35H30N4O4S2. The van der Waals surface area contributed by atoms with E-state index in [1.807, 2.05) is 73.0 Å². The Morgan fingerprint density at radius 2 is 1.69 bits per heavy atom. The molecule has 3 N–H and O–H groups in total. The van der Waals surface area contributed by atoms with E-state index in [0.29, 0.717) is 16.4 Å². The van der Waals surface area contributed by atoms with Crippen LogP contribution in [-0.4, -0.2) is 35.6 Å². The van der Waals surface area contributed by atoms with Crippen molar-refractivity contribution in [2.75, 3.05) is 23.5 Å². The first-order valence-electron chi connectivity index (χ1n) is 13.9. The fraction of sp³-hybridized carbons (Fsp3) is 0.0857. The molecule has 0 saturated carbocycles. The smallest absolute Gasteiger partial charge is 0.272 e. The molecule has 0 radical (unpaired) electrons. The number of nitrogens with zero attached hydrogens (tertiary/aromatic N) is 1. The van der Waals surface area contributed by atoms with Gasteiger partial charge in [-0.15, -0.1) is 23.1 Å². The van der Waals surface area contributed by atoms with Gasteiger partial charge in [0.25, 0.3) is 11.8 Å². The summed E-state index contributed by atoms with van der Waals surface area (Å²) in [5, 5.41) is 10.9. The molecule has 0 unspecified atom stereocenters. The van der Waals surface area contributed by atoms with Crippen LogP contribution in [0.15, 0.2) is 119 Å². The standard InChI is InChI=1S/C35H30N4O4S2/c1-23-9-6-10-24(17-23)18-30(37-33(41)25-11-4-3-5-12-25)34(42)36-27-14-8-16-29(20-27)44-22-32(40)39-35-38-31(21-45-35)26-13-7-15-28(19-26)43-2/h3-21H,22H2,1-2H3,(H,36,42)(H,37,41)(H,38,39,40)/b30-18+. The zero-order valence-electron chi connectivity index (χ0n) is 24.6. The Kier molecular flexibility index (Phi) is 10.4. The number of carbonyl (C=O) groups is 3. The first-order chi connectivity index (χ1) is 21.9. The number of nitrogens with one attached hydrogen (secondary N) is 3. The van der Waals surface area contributed by atoms with Crippen molar-refractivity contribution in [3.05, 3.63) is 131 Å². The molecular weight excluding hydrogens is 605 g/mol. The van der Waals surface area contributed by atoms with Gasteiger partial charge >= 0.3 is 0 Å². The maximum atomic E-state index is 13.4. The largest absolute Gasteiger partial charge is 0.497 e. The Morgan fingerprint density at radius 1 is 0.889 bits per heavy atom. The molecule has 0 atom stereocenters. The fourth-order valence-corrected chi connectivity index (χ4v) is 5.77. The topological polar surface area (TPSA) is 109 Å². The zero-order chi connectivity index (χ0) is 31.6. The van der Waals surface area contributed by atoms with Crippen molar-refractivity contribution >= 4 is 57.7 Å². The van der Waals surface area contributed by atoms with Crippen LogP contribution in [0.4, 0.5) is 10.8 Å². The average molecular weight is 635 g/mol. The Morgan fingerprint density at radius 3 is 2.49 bits per heavy atom. The highest BCUT2D eigenvalue weighted by atomic mass is 32.2. The number of thiazole rings is 1. The lowest BCUT2D eigenvalue weighted by atomic mass is 10.1. The quantitative estimate of drug-likeness (QED) is 0.104. The van der Waals surface area contributed by atoms with E-state index in [2.05, 4.69) is 20.9 Å². The molecule has 5 rings (SSSR count). The number of hydrogen-bond donors (Lipinski definition) is 3. The van der Waals surface area contributed by atoms with Crippen molar-refractivity contribution in [2.24, 2.45) is 0 Å². The summed E-state index contributed by atoms with van der Waals surface area (Å²) in [6.07, 6.45) is 1.64. The lowest BCUT2D eigenvalue weighted by molar-refractivity contribution is -0.114. The van der Waals surface area contributed by atoms with Crippen LogP contribution < -0.4 is 20.7 Å². The third-order valence-electron chi connectivity index (χ3n) is 6.46. The third kappa shape index (κ3) is 8.91. The van der Waals surface area contributed by atoms with Gasteiger partial charge in [0.2, 0.25) is 5.91 Å². The molecule has 1 heterocycles. The number of thioether (sulfide) groups is 1. The highest BCUT2D eigenvalue weighted by Gasteiger charge is 2.16. The summed E-state index contributed by atoms with van der Waals surface area (Å²) in [5.41, 5.74) is 4.52. The van der Waals surface area contributed by atoms with E-state index >= 15 is 0 Å². The number of amides is 3. The number of aryl methyl sites for hydroxylation is 1. The molecule has 226 valence electrons. The van der Waals surface area contributed by atoms with Crippen LogP contribution in [0.3, 0.4) is 0 Å². The second kappa shape index (κ2) is 15.0. The lowest BCUT2D eigenvalue weighted by Crippen LogP contribution is -2.30. The van der Waals surface area contributed by atoms with E-state index in [1.165, 1.54) is 23.1 Å². The van der Waals surface area contributed by atoms with Crippen LogP contribution in [0.1, 0.15) is 21.5 Å². The Labute approximate surface area is 269 Å². The summed E-state index contributed by atoms with van der Waals surface area (Å²) in [6, 6.07) is 31.1. The highest BCUT2D eigenvalue weighted by Crippen LogP contribution is 2.28. The molecule has 5 aromatic rings. The molecule has 3 amide bonds. The predicted octanol–water partition coefficient (Wildman–Crippen LogP) is 7.27. The van der Waals surface area contributed by atoms with Gasteiger partial charge in [0.1, 0.15) is 11.4 Å². The van der Waals surface area contributed by atoms with E-state index in [0.717, 1.165) is 33.0 Å². The monoisotopic (exact) mass is 634 g/mol. The van der Waals surface area contributed by atoms with Crippen molar-refractivity contribution in [2.45, 2.75) is 11.8 Å². The third-order valence-corrected chi connectivity index (χ3v) is 8.21. The number of benzene rings is 4. The van der Waals surface area contributed by atoms with Crippen molar-refractivity contribution < 1.29 is 19.1 Å². The van der Waals surface area contributed by atoms with Crippen LogP contribution in [0.2, 0.25) is 0 Å². The van der Waals surface area contributed by atoms with Gasteiger partial charge in [-0.05, 0) is 61.0 Å². The molecule has 8 nitrogen and oxygen atoms in total. The van der Waals surface area contributed by atoms with Gasteiger partial charge in [0.05, 0.1) is 18.6 Å². The zero-order valence-corrected chi connectivity index (χ0v) is 26.2. The number of rotatable bonds is 11. The summed E-state index contributed by atoms with van der Waals surface area (Å²) in [5.74, 6) is -0.187. The maximum absolute atomic E-state index is 13.4. The van der Waals surface area contributed by atoms with Gasteiger partial charge in [-0.25, -0.2) is 4.98 Å². The van der Waals surface area contributed by atoms with Crippen molar-refractivity contribution in [3.8, 4) is 17.0 Å². The Bertz CT molecular complexity index is 1850. The number of methoxy groups -OCH3 is 1. The van der Waals surface area contributed by atoms with Gasteiger partial charge in [-0.3, -0.25) is 14.4 Å². The fourth-order valence-electron chi connectivity index (χ4n) is 4.28. The summed E-state index contributed by atoms with van der Waals surface area (Å²) in [4.78, 5) is 44.3. The molecule has 0 bridgehead atoms. The molecule has 4 aromatic carbocycles. The van der Waals surface area contributed by atoms with Crippen molar-refractivity contribution in [1.82, 2.24) is 10.3 Å². The van der Waals surface area contributed by atoms with E-state index in [-0.39, 0.29) is 17.4 Å². The normalized spacial score (nSPS) is 11.0. The van der Waals surface area contributed by atoms with Gasteiger partial charge in [-0.1, -0.05) is 66.2 Å². The molecule has 0 aliphatic rings. The second-order valence-electron chi connectivity index (χ2n) is 9.88. The number of ether oxygens (including phenoxy) is 1. The highest BCUT2D eigenvalue weighted by molar-refractivity contribution is 8.00. The number of carbonyl (C=O) groups excluding carboxylic acids is 3. The number of anilines is 2. The maximum Gasteiger partial charge on any atom is 0.272 e. The Balaban J connectivity index is 1.22. The first-order valence-corrected chi connectivity index (χ1v) is 15.8. The van der Waals surface area contributed by atoms with Gasteiger partial charge in [-0.2, -0.15) is 0 Å².